The van der Waals surface area contributed by atoms with Gasteiger partial charge >= 0.3 is 5.97 Å². The lowest BCUT2D eigenvalue weighted by molar-refractivity contribution is -0.144. The molecule has 0 aromatic heterocycles. The number of hydrogen-bond donors (Lipinski definition) is 1. The number of carboxylic acids is 1. The van der Waals surface area contributed by atoms with Crippen molar-refractivity contribution in [2.24, 2.45) is 0 Å². The third kappa shape index (κ3) is 4.05. The highest BCUT2D eigenvalue weighted by atomic mass is 16.5. The van der Waals surface area contributed by atoms with Crippen molar-refractivity contribution in [3.8, 4) is 0 Å². The summed E-state index contributed by atoms with van der Waals surface area (Å²) in [5, 5.41) is 8.40. The largest absolute Gasteiger partial charge is 0.480 e. The molecule has 0 spiro atoms. The summed E-state index contributed by atoms with van der Waals surface area (Å²) < 4.78 is 5.11. The molecule has 0 aliphatic heterocycles. The molecule has 0 aliphatic rings. The number of rotatable bonds is 5. The molecule has 0 saturated carbocycles. The van der Waals surface area contributed by atoms with Gasteiger partial charge in [-0.3, -0.25) is 0 Å². The fourth-order valence-corrected chi connectivity index (χ4v) is 1.22. The predicted molar refractivity (Wildman–Crippen MR) is 53.2 cm³/mol. The lowest BCUT2D eigenvalue weighted by atomic mass is 10.1. The van der Waals surface area contributed by atoms with Crippen LogP contribution in [-0.4, -0.2) is 23.8 Å². The maximum Gasteiger partial charge on any atom is 0.329 e. The van der Waals surface area contributed by atoms with Crippen LogP contribution in [0.2, 0.25) is 0 Å². The number of benzene rings is 1. The van der Waals surface area contributed by atoms with Crippen LogP contribution in [0.25, 0.3) is 0 Å². The second-order valence-corrected chi connectivity index (χ2v) is 3.21. The van der Waals surface area contributed by atoms with Crippen LogP contribution in [0.1, 0.15) is 12.5 Å². The van der Waals surface area contributed by atoms with Crippen molar-refractivity contribution in [1.29, 1.82) is 0 Å². The van der Waals surface area contributed by atoms with Crippen molar-refractivity contribution in [1.82, 2.24) is 0 Å². The van der Waals surface area contributed by atoms with Crippen LogP contribution in [-0.2, 0) is 16.0 Å². The van der Waals surface area contributed by atoms with Crippen LogP contribution < -0.4 is 0 Å². The number of ether oxygens (including phenoxy) is 1. The molecule has 3 nitrogen and oxygen atoms in total. The topological polar surface area (TPSA) is 46.5 Å². The van der Waals surface area contributed by atoms with Crippen molar-refractivity contribution in [3.63, 3.8) is 0 Å². The Labute approximate surface area is 83.3 Å². The molecule has 1 unspecified atom stereocenters. The molecule has 1 rings (SSSR count). The highest BCUT2D eigenvalue weighted by Crippen LogP contribution is 2.04. The van der Waals surface area contributed by atoms with Crippen LogP contribution in [0, 0.1) is 0 Å². The quantitative estimate of drug-likeness (QED) is 0.776. The summed E-state index contributed by atoms with van der Waals surface area (Å²) in [5.74, 6) is -0.926. The molecule has 3 heteroatoms. The zero-order valence-electron chi connectivity index (χ0n) is 8.14. The maximum atomic E-state index is 10.2. The zero-order chi connectivity index (χ0) is 10.4. The summed E-state index contributed by atoms with van der Waals surface area (Å²) in [6.45, 7) is 1.64. The van der Waals surface area contributed by atoms with Gasteiger partial charge in [-0.15, -0.1) is 0 Å². The van der Waals surface area contributed by atoms with Crippen molar-refractivity contribution in [2.75, 3.05) is 6.61 Å². The molecule has 0 aliphatic carbocycles. The van der Waals surface area contributed by atoms with Gasteiger partial charge in [-0.1, -0.05) is 30.3 Å². The zero-order valence-corrected chi connectivity index (χ0v) is 8.14. The Hall–Kier alpha value is -1.35. The first-order valence-electron chi connectivity index (χ1n) is 4.56. The summed E-state index contributed by atoms with van der Waals surface area (Å²) in [5.41, 5.74) is 1.16. The van der Waals surface area contributed by atoms with Crippen LogP contribution in [0.5, 0.6) is 0 Å². The van der Waals surface area contributed by atoms with Gasteiger partial charge in [0.05, 0.1) is 6.10 Å². The first kappa shape index (κ1) is 10.7. The molecule has 76 valence electrons. The van der Waals surface area contributed by atoms with Crippen LogP contribution in [0.3, 0.4) is 0 Å². The second kappa shape index (κ2) is 5.40. The Bertz CT molecular complexity index is 282. The van der Waals surface area contributed by atoms with E-state index in [0.29, 0.717) is 0 Å². The van der Waals surface area contributed by atoms with Gasteiger partial charge in [0, 0.05) is 0 Å². The molecule has 0 fully saturated rings. The molecule has 14 heavy (non-hydrogen) atoms. The van der Waals surface area contributed by atoms with Gasteiger partial charge in [-0.05, 0) is 18.9 Å². The van der Waals surface area contributed by atoms with Gasteiger partial charge < -0.3 is 9.84 Å². The Morgan fingerprint density at radius 2 is 2.07 bits per heavy atom. The SMILES string of the molecule is CC(Cc1ccccc1)OCC(=O)O. The molecule has 1 aromatic rings. The van der Waals surface area contributed by atoms with E-state index in [2.05, 4.69) is 0 Å². The minimum absolute atomic E-state index is 0.0616. The third-order valence-corrected chi connectivity index (χ3v) is 1.86. The van der Waals surface area contributed by atoms with Gasteiger partial charge in [-0.25, -0.2) is 4.79 Å². The first-order valence-corrected chi connectivity index (χ1v) is 4.56. The molecule has 0 saturated heterocycles. The van der Waals surface area contributed by atoms with E-state index in [-0.39, 0.29) is 12.7 Å². The van der Waals surface area contributed by atoms with Crippen LogP contribution >= 0.6 is 0 Å². The van der Waals surface area contributed by atoms with Gasteiger partial charge in [0.1, 0.15) is 6.61 Å². The van der Waals surface area contributed by atoms with Crippen molar-refractivity contribution in [3.05, 3.63) is 35.9 Å². The van der Waals surface area contributed by atoms with E-state index in [1.807, 2.05) is 37.3 Å². The van der Waals surface area contributed by atoms with E-state index in [0.717, 1.165) is 12.0 Å². The molecular formula is C11H14O3. The van der Waals surface area contributed by atoms with Gasteiger partial charge in [-0.2, -0.15) is 0 Å². The van der Waals surface area contributed by atoms with Crippen molar-refractivity contribution < 1.29 is 14.6 Å². The highest BCUT2D eigenvalue weighted by Gasteiger charge is 2.05. The average Bonchev–Trinajstić information content (AvgIpc) is 2.16. The first-order chi connectivity index (χ1) is 6.68. The van der Waals surface area contributed by atoms with Gasteiger partial charge in [0.2, 0.25) is 0 Å². The smallest absolute Gasteiger partial charge is 0.329 e. The predicted octanol–water partition coefficient (Wildman–Crippen LogP) is 1.72. The van der Waals surface area contributed by atoms with E-state index in [4.69, 9.17) is 9.84 Å². The average molecular weight is 194 g/mol. The lowest BCUT2D eigenvalue weighted by Crippen LogP contribution is -2.17. The lowest BCUT2D eigenvalue weighted by Gasteiger charge is -2.10. The van der Waals surface area contributed by atoms with Crippen LogP contribution in [0.15, 0.2) is 30.3 Å². The Balaban J connectivity index is 2.34. The molecule has 0 amide bonds. The van der Waals surface area contributed by atoms with Crippen molar-refractivity contribution in [2.45, 2.75) is 19.4 Å². The molecule has 1 aromatic carbocycles. The molecule has 1 atom stereocenters. The van der Waals surface area contributed by atoms with E-state index < -0.39 is 5.97 Å². The summed E-state index contributed by atoms with van der Waals surface area (Å²) >= 11 is 0. The number of carboxylic acid groups (broad SMARTS) is 1. The Morgan fingerprint density at radius 3 is 2.64 bits per heavy atom. The summed E-state index contributed by atoms with van der Waals surface area (Å²) in [4.78, 5) is 10.2. The van der Waals surface area contributed by atoms with Crippen LogP contribution in [0.4, 0.5) is 0 Å². The number of hydrogen-bond acceptors (Lipinski definition) is 2. The fourth-order valence-electron chi connectivity index (χ4n) is 1.22. The standard InChI is InChI=1S/C11H14O3/c1-9(14-8-11(12)13)7-10-5-3-2-4-6-10/h2-6,9H,7-8H2,1H3,(H,12,13). The number of aliphatic carboxylic acids is 1. The van der Waals surface area contributed by atoms with Crippen molar-refractivity contribution >= 4 is 5.97 Å². The molecule has 0 radical (unpaired) electrons. The van der Waals surface area contributed by atoms with Gasteiger partial charge in [0.15, 0.2) is 0 Å². The third-order valence-electron chi connectivity index (χ3n) is 1.86. The molecular weight excluding hydrogens is 180 g/mol. The van der Waals surface area contributed by atoms with E-state index >= 15 is 0 Å². The normalized spacial score (nSPS) is 12.4. The molecule has 0 bridgehead atoms. The van der Waals surface area contributed by atoms with E-state index in [1.165, 1.54) is 0 Å². The minimum atomic E-state index is -0.926. The summed E-state index contributed by atoms with van der Waals surface area (Å²) in [6.07, 6.45) is 0.683. The molecule has 1 N–H and O–H groups in total. The highest BCUT2D eigenvalue weighted by molar-refractivity contribution is 5.68. The maximum absolute atomic E-state index is 10.2. The monoisotopic (exact) mass is 194 g/mol. The van der Waals surface area contributed by atoms with E-state index in [9.17, 15) is 4.79 Å². The molecule has 0 heterocycles. The van der Waals surface area contributed by atoms with E-state index in [1.54, 1.807) is 0 Å². The van der Waals surface area contributed by atoms with Gasteiger partial charge in [0.25, 0.3) is 0 Å². The summed E-state index contributed by atoms with van der Waals surface area (Å²) in [7, 11) is 0. The number of carbonyl (C=O) groups is 1. The fraction of sp³-hybridized carbons (Fsp3) is 0.364. The minimum Gasteiger partial charge on any atom is -0.480 e. The Morgan fingerprint density at radius 1 is 1.43 bits per heavy atom. The summed E-state index contributed by atoms with van der Waals surface area (Å²) in [6, 6.07) is 9.87. The Kier molecular flexibility index (Phi) is 4.13. The second-order valence-electron chi connectivity index (χ2n) is 3.21.